The predicted octanol–water partition coefficient (Wildman–Crippen LogP) is 4.09. The second-order valence-electron chi connectivity index (χ2n) is 3.60. The van der Waals surface area contributed by atoms with Gasteiger partial charge in [0.25, 0.3) is 0 Å². The van der Waals surface area contributed by atoms with E-state index in [-0.39, 0.29) is 6.10 Å². The molecule has 1 aromatic rings. The Labute approximate surface area is 110 Å². The molecule has 0 saturated heterocycles. The van der Waals surface area contributed by atoms with Crippen LogP contribution in [0, 0.1) is 11.6 Å². The van der Waals surface area contributed by atoms with Gasteiger partial charge in [0.15, 0.2) is 0 Å². The molecule has 5 heteroatoms. The van der Waals surface area contributed by atoms with Gasteiger partial charge in [-0.2, -0.15) is 0 Å². The first kappa shape index (κ1) is 13.8. The normalized spacial score (nSPS) is 12.8. The van der Waals surface area contributed by atoms with Crippen molar-refractivity contribution in [3.8, 4) is 0 Å². The van der Waals surface area contributed by atoms with Gasteiger partial charge in [0.1, 0.15) is 16.6 Å². The third kappa shape index (κ3) is 3.37. The number of halogens is 1. The van der Waals surface area contributed by atoms with Crippen LogP contribution in [0.15, 0.2) is 4.47 Å². The van der Waals surface area contributed by atoms with E-state index in [0.29, 0.717) is 11.2 Å². The molecule has 1 atom stereocenters. The quantitative estimate of drug-likeness (QED) is 0.833. The molecule has 1 aromatic heterocycles. The fourth-order valence-corrected chi connectivity index (χ4v) is 1.95. The first-order valence-electron chi connectivity index (χ1n) is 5.48. The number of ether oxygens (including phenoxy) is 1. The van der Waals surface area contributed by atoms with E-state index in [4.69, 9.17) is 17.0 Å². The number of hydrogen-bond donors (Lipinski definition) is 1. The molecular weight excluding hydrogens is 288 g/mol. The van der Waals surface area contributed by atoms with Gasteiger partial charge in [-0.15, -0.1) is 0 Å². The zero-order chi connectivity index (χ0) is 12.1. The Morgan fingerprint density at radius 2 is 2.19 bits per heavy atom. The van der Waals surface area contributed by atoms with Crippen molar-refractivity contribution in [2.75, 3.05) is 6.61 Å². The van der Waals surface area contributed by atoms with Gasteiger partial charge in [0.05, 0.1) is 4.47 Å². The standard InChI is InChI=1S/C11H17BrN2OS/c1-4-6-8(15-5-2)10-13-7(3)9(12)11(16)14-10/h8H,4-6H2,1-3H3,(H,13,14,16). The molecule has 1 rings (SSSR count). The van der Waals surface area contributed by atoms with Gasteiger partial charge in [-0.05, 0) is 36.2 Å². The summed E-state index contributed by atoms with van der Waals surface area (Å²) in [6.07, 6.45) is 2.03. The summed E-state index contributed by atoms with van der Waals surface area (Å²) in [6, 6.07) is 0. The van der Waals surface area contributed by atoms with Crippen LogP contribution in [0.4, 0.5) is 0 Å². The van der Waals surface area contributed by atoms with Crippen LogP contribution in [0.2, 0.25) is 0 Å². The monoisotopic (exact) mass is 304 g/mol. The number of aromatic amines is 1. The molecule has 90 valence electrons. The Balaban J connectivity index is 3.05. The lowest BCUT2D eigenvalue weighted by atomic mass is 10.2. The van der Waals surface area contributed by atoms with E-state index < -0.39 is 0 Å². The van der Waals surface area contributed by atoms with Crippen LogP contribution in [0.5, 0.6) is 0 Å². The van der Waals surface area contributed by atoms with Crippen LogP contribution in [-0.2, 0) is 4.74 Å². The highest BCUT2D eigenvalue weighted by Crippen LogP contribution is 2.22. The maximum absolute atomic E-state index is 5.66. The van der Waals surface area contributed by atoms with E-state index in [1.165, 1.54) is 0 Å². The number of nitrogens with one attached hydrogen (secondary N) is 1. The molecule has 1 unspecified atom stereocenters. The Hall–Kier alpha value is -0.260. The van der Waals surface area contributed by atoms with Crippen molar-refractivity contribution in [1.29, 1.82) is 0 Å². The molecule has 0 saturated carbocycles. The third-order valence-corrected chi connectivity index (χ3v) is 3.81. The summed E-state index contributed by atoms with van der Waals surface area (Å²) >= 11 is 8.58. The fraction of sp³-hybridized carbons (Fsp3) is 0.636. The number of aromatic nitrogens is 2. The molecule has 1 N–H and O–H groups in total. The molecule has 3 nitrogen and oxygen atoms in total. The van der Waals surface area contributed by atoms with Crippen LogP contribution in [0.25, 0.3) is 0 Å². The smallest absolute Gasteiger partial charge is 0.144 e. The number of aryl methyl sites for hydroxylation is 1. The maximum Gasteiger partial charge on any atom is 0.144 e. The first-order chi connectivity index (χ1) is 7.60. The average Bonchev–Trinajstić information content (AvgIpc) is 2.25. The molecular formula is C11H17BrN2OS. The minimum Gasteiger partial charge on any atom is -0.371 e. The molecule has 0 aliphatic heterocycles. The topological polar surface area (TPSA) is 37.9 Å². The zero-order valence-corrected chi connectivity index (χ0v) is 12.2. The van der Waals surface area contributed by atoms with Crippen molar-refractivity contribution in [2.45, 2.75) is 39.7 Å². The highest BCUT2D eigenvalue weighted by atomic mass is 79.9. The zero-order valence-electron chi connectivity index (χ0n) is 9.84. The Morgan fingerprint density at radius 3 is 2.69 bits per heavy atom. The number of nitrogens with zero attached hydrogens (tertiary/aromatic N) is 1. The van der Waals surface area contributed by atoms with E-state index in [1.807, 2.05) is 13.8 Å². The minimum absolute atomic E-state index is 0.0171. The first-order valence-corrected chi connectivity index (χ1v) is 6.68. The lowest BCUT2D eigenvalue weighted by molar-refractivity contribution is 0.0491. The SMILES string of the molecule is CCCC(OCC)c1nc(=S)c(Br)c(C)[nH]1. The lowest BCUT2D eigenvalue weighted by Crippen LogP contribution is -2.10. The molecule has 0 radical (unpaired) electrons. The minimum atomic E-state index is 0.0171. The van der Waals surface area contributed by atoms with Crippen molar-refractivity contribution in [3.63, 3.8) is 0 Å². The Bertz CT molecular complexity index is 399. The van der Waals surface area contributed by atoms with Gasteiger partial charge < -0.3 is 9.72 Å². The highest BCUT2D eigenvalue weighted by Gasteiger charge is 2.14. The third-order valence-electron chi connectivity index (χ3n) is 2.28. The van der Waals surface area contributed by atoms with Crippen molar-refractivity contribution in [2.24, 2.45) is 0 Å². The molecule has 16 heavy (non-hydrogen) atoms. The highest BCUT2D eigenvalue weighted by molar-refractivity contribution is 9.10. The summed E-state index contributed by atoms with van der Waals surface area (Å²) in [6.45, 7) is 6.78. The Morgan fingerprint density at radius 1 is 1.50 bits per heavy atom. The van der Waals surface area contributed by atoms with E-state index >= 15 is 0 Å². The second kappa shape index (κ2) is 6.47. The molecule has 1 heterocycles. The lowest BCUT2D eigenvalue weighted by Gasteiger charge is -2.16. The van der Waals surface area contributed by atoms with E-state index in [2.05, 4.69) is 32.8 Å². The number of H-pyrrole nitrogens is 1. The maximum atomic E-state index is 5.66. The van der Waals surface area contributed by atoms with Gasteiger partial charge in [0, 0.05) is 12.3 Å². The van der Waals surface area contributed by atoms with Crippen molar-refractivity contribution in [1.82, 2.24) is 9.97 Å². The number of rotatable bonds is 5. The fourth-order valence-electron chi connectivity index (χ4n) is 1.51. The van der Waals surface area contributed by atoms with Crippen LogP contribution in [-0.4, -0.2) is 16.6 Å². The molecule has 0 aliphatic rings. The number of hydrogen-bond acceptors (Lipinski definition) is 3. The Kier molecular flexibility index (Phi) is 5.58. The molecule has 0 aliphatic carbocycles. The largest absolute Gasteiger partial charge is 0.371 e. The van der Waals surface area contributed by atoms with Crippen molar-refractivity contribution < 1.29 is 4.74 Å². The van der Waals surface area contributed by atoms with Gasteiger partial charge >= 0.3 is 0 Å². The van der Waals surface area contributed by atoms with Crippen LogP contribution in [0.1, 0.15) is 44.3 Å². The van der Waals surface area contributed by atoms with Gasteiger partial charge in [-0.1, -0.05) is 25.6 Å². The summed E-state index contributed by atoms with van der Waals surface area (Å²) in [5, 5.41) is 0. The van der Waals surface area contributed by atoms with Crippen LogP contribution < -0.4 is 0 Å². The van der Waals surface area contributed by atoms with Gasteiger partial charge in [-0.25, -0.2) is 4.98 Å². The van der Waals surface area contributed by atoms with Gasteiger partial charge in [0.2, 0.25) is 0 Å². The van der Waals surface area contributed by atoms with Gasteiger partial charge in [-0.3, -0.25) is 0 Å². The summed E-state index contributed by atoms with van der Waals surface area (Å²) in [4.78, 5) is 7.59. The van der Waals surface area contributed by atoms with Crippen LogP contribution in [0.3, 0.4) is 0 Å². The second-order valence-corrected chi connectivity index (χ2v) is 4.78. The van der Waals surface area contributed by atoms with Crippen molar-refractivity contribution >= 4 is 28.1 Å². The summed E-state index contributed by atoms with van der Waals surface area (Å²) in [5.74, 6) is 0.828. The van der Waals surface area contributed by atoms with Crippen LogP contribution >= 0.6 is 28.1 Å². The summed E-state index contributed by atoms with van der Waals surface area (Å²) < 4.78 is 7.11. The summed E-state index contributed by atoms with van der Waals surface area (Å²) in [7, 11) is 0. The molecule has 0 aromatic carbocycles. The molecule has 0 fully saturated rings. The summed E-state index contributed by atoms with van der Waals surface area (Å²) in [5.41, 5.74) is 0.996. The molecule has 0 amide bonds. The van der Waals surface area contributed by atoms with E-state index in [0.717, 1.165) is 28.8 Å². The molecule has 0 spiro atoms. The predicted molar refractivity (Wildman–Crippen MR) is 71.1 cm³/mol. The van der Waals surface area contributed by atoms with Crippen molar-refractivity contribution in [3.05, 3.63) is 20.6 Å². The van der Waals surface area contributed by atoms with E-state index in [9.17, 15) is 0 Å². The molecule has 0 bridgehead atoms. The van der Waals surface area contributed by atoms with E-state index in [1.54, 1.807) is 0 Å². The average molecular weight is 305 g/mol.